The molecule has 1 aromatic rings. The number of aryl methyl sites for hydroxylation is 1. The second-order valence-corrected chi connectivity index (χ2v) is 6.70. The van der Waals surface area contributed by atoms with Crippen molar-refractivity contribution in [2.24, 2.45) is 0 Å². The van der Waals surface area contributed by atoms with Gasteiger partial charge < -0.3 is 5.32 Å². The van der Waals surface area contributed by atoms with Crippen molar-refractivity contribution in [3.05, 3.63) is 15.6 Å². The maximum absolute atomic E-state index is 4.71. The normalized spacial score (nSPS) is 12.4. The lowest BCUT2D eigenvalue weighted by Gasteiger charge is -2.20. The van der Waals surface area contributed by atoms with Crippen LogP contribution in [0.3, 0.4) is 0 Å². The van der Waals surface area contributed by atoms with Crippen molar-refractivity contribution in [1.82, 2.24) is 10.3 Å². The maximum atomic E-state index is 4.71. The lowest BCUT2D eigenvalue weighted by molar-refractivity contribution is 0.425. The van der Waals surface area contributed by atoms with Crippen molar-refractivity contribution in [3.8, 4) is 0 Å². The molecule has 0 amide bonds. The first kappa shape index (κ1) is 13.7. The van der Waals surface area contributed by atoms with Crippen LogP contribution in [0.15, 0.2) is 0 Å². The number of nitrogens with one attached hydrogen (secondary N) is 1. The summed E-state index contributed by atoms with van der Waals surface area (Å²) in [6.07, 6.45) is 1.04. The van der Waals surface area contributed by atoms with Crippen LogP contribution >= 0.6 is 11.3 Å². The van der Waals surface area contributed by atoms with Gasteiger partial charge >= 0.3 is 0 Å². The van der Waals surface area contributed by atoms with Crippen LogP contribution in [0.5, 0.6) is 0 Å². The molecule has 0 aromatic carbocycles. The third kappa shape index (κ3) is 3.87. The Balaban J connectivity index is 2.81. The van der Waals surface area contributed by atoms with Crippen LogP contribution in [-0.4, -0.2) is 10.5 Å². The van der Waals surface area contributed by atoms with E-state index in [0.29, 0.717) is 5.92 Å². The van der Waals surface area contributed by atoms with Crippen molar-refractivity contribution in [3.63, 3.8) is 0 Å². The highest BCUT2D eigenvalue weighted by molar-refractivity contribution is 7.11. The molecular weight excluding hydrogens is 216 g/mol. The van der Waals surface area contributed by atoms with Gasteiger partial charge in [-0.3, -0.25) is 0 Å². The molecule has 1 heterocycles. The van der Waals surface area contributed by atoms with Gasteiger partial charge in [0.15, 0.2) is 0 Å². The van der Waals surface area contributed by atoms with Gasteiger partial charge in [0.25, 0.3) is 0 Å². The van der Waals surface area contributed by atoms with E-state index in [9.17, 15) is 0 Å². The fraction of sp³-hybridized carbons (Fsp3) is 0.769. The van der Waals surface area contributed by atoms with Crippen LogP contribution in [-0.2, 0) is 13.0 Å². The lowest BCUT2D eigenvalue weighted by atomic mass is 10.1. The van der Waals surface area contributed by atoms with Gasteiger partial charge in [0.2, 0.25) is 0 Å². The summed E-state index contributed by atoms with van der Waals surface area (Å²) in [5, 5.41) is 4.80. The molecule has 1 rings (SSSR count). The molecule has 0 radical (unpaired) electrons. The lowest BCUT2D eigenvalue weighted by Crippen LogP contribution is -2.35. The van der Waals surface area contributed by atoms with Crippen molar-refractivity contribution in [2.45, 2.75) is 66.0 Å². The fourth-order valence-electron chi connectivity index (χ4n) is 1.49. The first-order valence-electron chi connectivity index (χ1n) is 6.07. The predicted octanol–water partition coefficient (Wildman–Crippen LogP) is 3.72. The first-order chi connectivity index (χ1) is 7.33. The molecule has 0 unspecified atom stereocenters. The minimum absolute atomic E-state index is 0.171. The zero-order valence-corrected chi connectivity index (χ0v) is 12.2. The van der Waals surface area contributed by atoms with Crippen molar-refractivity contribution < 1.29 is 0 Å². The molecule has 16 heavy (non-hydrogen) atoms. The van der Waals surface area contributed by atoms with E-state index in [1.165, 1.54) is 15.6 Å². The summed E-state index contributed by atoms with van der Waals surface area (Å²) >= 11 is 1.85. The van der Waals surface area contributed by atoms with E-state index in [4.69, 9.17) is 4.98 Å². The molecule has 0 aliphatic rings. The van der Waals surface area contributed by atoms with E-state index in [0.717, 1.165) is 13.0 Å². The average Bonchev–Trinajstić information content (AvgIpc) is 2.56. The SMILES string of the molecule is CCc1nc(C(C)C)c(CNC(C)(C)C)s1. The quantitative estimate of drug-likeness (QED) is 0.867. The first-order valence-corrected chi connectivity index (χ1v) is 6.88. The Hall–Kier alpha value is -0.410. The summed E-state index contributed by atoms with van der Waals surface area (Å²) in [5.41, 5.74) is 1.45. The number of rotatable bonds is 4. The van der Waals surface area contributed by atoms with Crippen LogP contribution < -0.4 is 5.32 Å². The molecule has 0 fully saturated rings. The second kappa shape index (κ2) is 5.28. The van der Waals surface area contributed by atoms with E-state index in [2.05, 4.69) is 46.9 Å². The van der Waals surface area contributed by atoms with Gasteiger partial charge in [-0.15, -0.1) is 11.3 Å². The molecule has 0 aliphatic heterocycles. The summed E-state index contributed by atoms with van der Waals surface area (Å²) in [6, 6.07) is 0. The van der Waals surface area contributed by atoms with Crippen LogP contribution in [0.2, 0.25) is 0 Å². The molecule has 1 aromatic heterocycles. The van der Waals surface area contributed by atoms with E-state index >= 15 is 0 Å². The summed E-state index contributed by atoms with van der Waals surface area (Å²) in [4.78, 5) is 6.11. The molecule has 0 saturated carbocycles. The number of hydrogen-bond donors (Lipinski definition) is 1. The van der Waals surface area contributed by atoms with Gasteiger partial charge in [0, 0.05) is 17.0 Å². The van der Waals surface area contributed by atoms with Crippen molar-refractivity contribution in [1.29, 1.82) is 0 Å². The second-order valence-electron chi connectivity index (χ2n) is 5.53. The molecule has 0 spiro atoms. The third-order valence-electron chi connectivity index (χ3n) is 2.40. The monoisotopic (exact) mass is 240 g/mol. The number of nitrogens with zero attached hydrogens (tertiary/aromatic N) is 1. The molecule has 0 bridgehead atoms. The Morgan fingerprint density at radius 1 is 1.31 bits per heavy atom. The van der Waals surface area contributed by atoms with Gasteiger partial charge in [-0.05, 0) is 33.1 Å². The molecule has 92 valence electrons. The zero-order chi connectivity index (χ0) is 12.3. The van der Waals surface area contributed by atoms with E-state index in [1.54, 1.807) is 0 Å². The Kier molecular flexibility index (Phi) is 4.51. The highest BCUT2D eigenvalue weighted by atomic mass is 32.1. The molecular formula is C13H24N2S. The standard InChI is InChI=1S/C13H24N2S/c1-7-11-15-12(9(2)3)10(16-11)8-14-13(4,5)6/h9,14H,7-8H2,1-6H3. The van der Waals surface area contributed by atoms with Crippen LogP contribution in [0.1, 0.15) is 63.0 Å². The van der Waals surface area contributed by atoms with E-state index in [-0.39, 0.29) is 5.54 Å². The third-order valence-corrected chi connectivity index (χ3v) is 3.62. The minimum atomic E-state index is 0.171. The molecule has 0 aliphatic carbocycles. The topological polar surface area (TPSA) is 24.9 Å². The van der Waals surface area contributed by atoms with Gasteiger partial charge in [-0.1, -0.05) is 20.8 Å². The largest absolute Gasteiger partial charge is 0.307 e. The molecule has 3 heteroatoms. The molecule has 0 saturated heterocycles. The van der Waals surface area contributed by atoms with E-state index in [1.807, 2.05) is 11.3 Å². The summed E-state index contributed by atoms with van der Waals surface area (Å²) in [5.74, 6) is 0.522. The number of hydrogen-bond acceptors (Lipinski definition) is 3. The Morgan fingerprint density at radius 3 is 2.38 bits per heavy atom. The predicted molar refractivity (Wildman–Crippen MR) is 72.2 cm³/mol. The Labute approximate surface area is 103 Å². The zero-order valence-electron chi connectivity index (χ0n) is 11.3. The summed E-state index contributed by atoms with van der Waals surface area (Å²) in [6.45, 7) is 14.1. The summed E-state index contributed by atoms with van der Waals surface area (Å²) < 4.78 is 0. The summed E-state index contributed by atoms with van der Waals surface area (Å²) in [7, 11) is 0. The van der Waals surface area contributed by atoms with Gasteiger partial charge in [-0.2, -0.15) is 0 Å². The fourth-order valence-corrected chi connectivity index (χ4v) is 2.59. The maximum Gasteiger partial charge on any atom is 0.0929 e. The number of aromatic nitrogens is 1. The number of thiazole rings is 1. The highest BCUT2D eigenvalue weighted by Crippen LogP contribution is 2.25. The molecule has 1 N–H and O–H groups in total. The smallest absolute Gasteiger partial charge is 0.0929 e. The van der Waals surface area contributed by atoms with Crippen molar-refractivity contribution in [2.75, 3.05) is 0 Å². The van der Waals surface area contributed by atoms with Crippen LogP contribution in [0, 0.1) is 0 Å². The molecule has 0 atom stereocenters. The van der Waals surface area contributed by atoms with Gasteiger partial charge in [-0.25, -0.2) is 4.98 Å². The Bertz CT molecular complexity index is 334. The minimum Gasteiger partial charge on any atom is -0.307 e. The highest BCUT2D eigenvalue weighted by Gasteiger charge is 2.16. The van der Waals surface area contributed by atoms with E-state index < -0.39 is 0 Å². The van der Waals surface area contributed by atoms with Gasteiger partial charge in [0.05, 0.1) is 10.7 Å². The molecule has 2 nitrogen and oxygen atoms in total. The van der Waals surface area contributed by atoms with Crippen molar-refractivity contribution >= 4 is 11.3 Å². The van der Waals surface area contributed by atoms with Crippen LogP contribution in [0.25, 0.3) is 0 Å². The van der Waals surface area contributed by atoms with Gasteiger partial charge in [0.1, 0.15) is 0 Å². The van der Waals surface area contributed by atoms with Crippen LogP contribution in [0.4, 0.5) is 0 Å². The average molecular weight is 240 g/mol. The Morgan fingerprint density at radius 2 is 1.94 bits per heavy atom.